The third kappa shape index (κ3) is 1.94. The van der Waals surface area contributed by atoms with Gasteiger partial charge in [0.2, 0.25) is 0 Å². The predicted octanol–water partition coefficient (Wildman–Crippen LogP) is 1.49. The van der Waals surface area contributed by atoms with Crippen molar-refractivity contribution < 1.29 is 4.39 Å². The van der Waals surface area contributed by atoms with Crippen molar-refractivity contribution in [2.45, 2.75) is 37.9 Å². The number of hydrogen-bond acceptors (Lipinski definition) is 1. The van der Waals surface area contributed by atoms with E-state index in [4.69, 9.17) is 0 Å². The van der Waals surface area contributed by atoms with Crippen LogP contribution in [0, 0.1) is 0 Å². The van der Waals surface area contributed by atoms with Crippen LogP contribution in [0.25, 0.3) is 0 Å². The first-order chi connectivity index (χ1) is 4.16. The number of rotatable bonds is 3. The number of alkyl halides is 1. The minimum atomic E-state index is -0.789. The first-order valence-electron chi connectivity index (χ1n) is 3.52. The molecule has 0 bridgehead atoms. The lowest BCUT2D eigenvalue weighted by atomic mass is 10.1. The van der Waals surface area contributed by atoms with E-state index in [1.165, 1.54) is 0 Å². The van der Waals surface area contributed by atoms with Crippen molar-refractivity contribution in [3.8, 4) is 0 Å². The minimum absolute atomic E-state index is 0.331. The van der Waals surface area contributed by atoms with Crippen LogP contribution in [0.5, 0.6) is 0 Å². The lowest BCUT2D eigenvalue weighted by molar-refractivity contribution is 0.265. The molecule has 1 unspecified atom stereocenters. The van der Waals surface area contributed by atoms with Crippen LogP contribution in [-0.4, -0.2) is 18.8 Å². The average molecular weight is 131 g/mol. The van der Waals surface area contributed by atoms with Crippen molar-refractivity contribution in [1.82, 2.24) is 5.32 Å². The molecule has 0 aromatic heterocycles. The van der Waals surface area contributed by atoms with Gasteiger partial charge >= 0.3 is 0 Å². The van der Waals surface area contributed by atoms with Crippen molar-refractivity contribution >= 4 is 0 Å². The second-order valence-corrected chi connectivity index (χ2v) is 3.04. The average Bonchev–Trinajstić information content (AvgIpc) is 2.48. The second kappa shape index (κ2) is 2.25. The van der Waals surface area contributed by atoms with E-state index >= 15 is 0 Å². The largest absolute Gasteiger partial charge is 0.317 e. The zero-order valence-corrected chi connectivity index (χ0v) is 6.08. The molecule has 0 heterocycles. The molecule has 0 aliphatic heterocycles. The summed E-state index contributed by atoms with van der Waals surface area (Å²) in [6, 6.07) is 0.331. The maximum absolute atomic E-state index is 12.9. The van der Waals surface area contributed by atoms with Crippen molar-refractivity contribution in [2.75, 3.05) is 7.05 Å². The van der Waals surface area contributed by atoms with E-state index in [0.717, 1.165) is 12.8 Å². The fraction of sp³-hybridized carbons (Fsp3) is 1.00. The molecule has 1 rings (SSSR count). The van der Waals surface area contributed by atoms with Gasteiger partial charge < -0.3 is 5.32 Å². The Labute approximate surface area is 55.6 Å². The van der Waals surface area contributed by atoms with E-state index in [1.54, 1.807) is 0 Å². The zero-order chi connectivity index (χ0) is 6.91. The zero-order valence-electron chi connectivity index (χ0n) is 6.08. The molecule has 1 fully saturated rings. The Balaban J connectivity index is 2.17. The van der Waals surface area contributed by atoms with Crippen LogP contribution in [0.4, 0.5) is 4.39 Å². The molecule has 0 spiro atoms. The van der Waals surface area contributed by atoms with Gasteiger partial charge in [0, 0.05) is 6.04 Å². The lowest BCUT2D eigenvalue weighted by Crippen LogP contribution is -2.25. The Kier molecular flexibility index (Phi) is 1.75. The van der Waals surface area contributed by atoms with Crippen LogP contribution >= 0.6 is 0 Å². The van der Waals surface area contributed by atoms with E-state index in [-0.39, 0.29) is 0 Å². The lowest BCUT2D eigenvalue weighted by Gasteiger charge is -2.11. The van der Waals surface area contributed by atoms with Gasteiger partial charge in [-0.15, -0.1) is 0 Å². The molecule has 1 atom stereocenters. The fourth-order valence-corrected chi connectivity index (χ4v) is 0.991. The molecule has 54 valence electrons. The van der Waals surface area contributed by atoms with Gasteiger partial charge in [0.05, 0.1) is 0 Å². The van der Waals surface area contributed by atoms with Gasteiger partial charge in [-0.3, -0.25) is 0 Å². The molecule has 0 amide bonds. The van der Waals surface area contributed by atoms with Crippen molar-refractivity contribution in [3.63, 3.8) is 0 Å². The molecule has 1 saturated carbocycles. The Hall–Kier alpha value is -0.110. The third-order valence-corrected chi connectivity index (χ3v) is 1.96. The van der Waals surface area contributed by atoms with Crippen LogP contribution < -0.4 is 5.32 Å². The second-order valence-electron chi connectivity index (χ2n) is 3.04. The maximum atomic E-state index is 12.9. The Morgan fingerprint density at radius 2 is 2.22 bits per heavy atom. The first-order valence-corrected chi connectivity index (χ1v) is 3.52. The van der Waals surface area contributed by atoms with Gasteiger partial charge in [-0.25, -0.2) is 4.39 Å². The highest BCUT2D eigenvalue weighted by molar-refractivity contribution is 4.95. The van der Waals surface area contributed by atoms with Gasteiger partial charge in [-0.1, -0.05) is 0 Å². The van der Waals surface area contributed by atoms with Crippen molar-refractivity contribution in [2.24, 2.45) is 0 Å². The van der Waals surface area contributed by atoms with Crippen molar-refractivity contribution in [1.29, 1.82) is 0 Å². The summed E-state index contributed by atoms with van der Waals surface area (Å²) in [4.78, 5) is 0. The van der Waals surface area contributed by atoms with Gasteiger partial charge in [0.1, 0.15) is 5.67 Å². The third-order valence-electron chi connectivity index (χ3n) is 1.96. The van der Waals surface area contributed by atoms with Crippen LogP contribution in [0.15, 0.2) is 0 Å². The first kappa shape index (κ1) is 7.00. The summed E-state index contributed by atoms with van der Waals surface area (Å²) in [5.74, 6) is 0. The molecule has 1 nitrogen and oxygen atoms in total. The summed E-state index contributed by atoms with van der Waals surface area (Å²) in [6.45, 7) is 2.01. The molecule has 9 heavy (non-hydrogen) atoms. The maximum Gasteiger partial charge on any atom is 0.112 e. The van der Waals surface area contributed by atoms with Crippen LogP contribution in [0.1, 0.15) is 26.2 Å². The Morgan fingerprint density at radius 3 is 2.56 bits per heavy atom. The molecule has 2 heteroatoms. The summed E-state index contributed by atoms with van der Waals surface area (Å²) >= 11 is 0. The Morgan fingerprint density at radius 1 is 1.67 bits per heavy atom. The van der Waals surface area contributed by atoms with E-state index in [9.17, 15) is 4.39 Å². The van der Waals surface area contributed by atoms with Gasteiger partial charge in [-0.05, 0) is 33.2 Å². The molecule has 1 N–H and O–H groups in total. The summed E-state index contributed by atoms with van der Waals surface area (Å²) in [7, 11) is 1.87. The monoisotopic (exact) mass is 131 g/mol. The standard InChI is InChI=1S/C7H14FN/c1-6(9-2)5-7(8)3-4-7/h6,9H,3-5H2,1-2H3. The van der Waals surface area contributed by atoms with Crippen LogP contribution in [-0.2, 0) is 0 Å². The van der Waals surface area contributed by atoms with Crippen LogP contribution in [0.3, 0.4) is 0 Å². The topological polar surface area (TPSA) is 12.0 Å². The molecule has 0 aromatic rings. The highest BCUT2D eigenvalue weighted by Crippen LogP contribution is 2.43. The van der Waals surface area contributed by atoms with Gasteiger partial charge in [0.15, 0.2) is 0 Å². The summed E-state index contributed by atoms with van der Waals surface area (Å²) in [5, 5.41) is 3.02. The number of halogens is 1. The summed E-state index contributed by atoms with van der Waals surface area (Å²) in [5.41, 5.74) is -0.789. The summed E-state index contributed by atoms with van der Waals surface area (Å²) < 4.78 is 12.9. The molecule has 1 aliphatic carbocycles. The SMILES string of the molecule is CNC(C)CC1(F)CC1. The van der Waals surface area contributed by atoms with Crippen LogP contribution in [0.2, 0.25) is 0 Å². The quantitative estimate of drug-likeness (QED) is 0.612. The number of nitrogens with one attached hydrogen (secondary N) is 1. The minimum Gasteiger partial charge on any atom is -0.317 e. The molecule has 1 aliphatic rings. The van der Waals surface area contributed by atoms with Gasteiger partial charge in [-0.2, -0.15) is 0 Å². The smallest absolute Gasteiger partial charge is 0.112 e. The summed E-state index contributed by atoms with van der Waals surface area (Å²) in [6.07, 6.45) is 2.24. The van der Waals surface area contributed by atoms with Gasteiger partial charge in [0.25, 0.3) is 0 Å². The highest BCUT2D eigenvalue weighted by atomic mass is 19.1. The molecular formula is C7H14FN. The van der Waals surface area contributed by atoms with E-state index in [0.29, 0.717) is 12.5 Å². The predicted molar refractivity (Wildman–Crippen MR) is 36.2 cm³/mol. The van der Waals surface area contributed by atoms with E-state index < -0.39 is 5.67 Å². The molecule has 0 saturated heterocycles. The normalized spacial score (nSPS) is 25.7. The molecule has 0 radical (unpaired) electrons. The fourth-order valence-electron chi connectivity index (χ4n) is 0.991. The number of hydrogen-bond donors (Lipinski definition) is 1. The molecular weight excluding hydrogens is 117 g/mol. The highest BCUT2D eigenvalue weighted by Gasteiger charge is 2.43. The Bertz CT molecular complexity index is 99.1. The van der Waals surface area contributed by atoms with Crippen molar-refractivity contribution in [3.05, 3.63) is 0 Å². The molecule has 0 aromatic carbocycles. The van der Waals surface area contributed by atoms with E-state index in [1.807, 2.05) is 14.0 Å². The van der Waals surface area contributed by atoms with E-state index in [2.05, 4.69) is 5.32 Å².